The topological polar surface area (TPSA) is 52.6 Å². The lowest BCUT2D eigenvalue weighted by atomic mass is 9.90. The molecule has 1 amide bonds. The molecule has 1 saturated heterocycles. The molecule has 0 aromatic rings. The van der Waals surface area contributed by atoms with E-state index < -0.39 is 6.10 Å². The molecular weight excluding hydrogens is 240 g/mol. The molecule has 1 saturated carbocycles. The summed E-state index contributed by atoms with van der Waals surface area (Å²) in [6, 6.07) is 0.333. The zero-order chi connectivity index (χ0) is 13.8. The van der Waals surface area contributed by atoms with Gasteiger partial charge in [0, 0.05) is 12.6 Å². The fourth-order valence-corrected chi connectivity index (χ4v) is 2.49. The number of likely N-dealkylation sites (tertiary alicyclic amines) is 1. The predicted molar refractivity (Wildman–Crippen MR) is 75.8 cm³/mol. The maximum absolute atomic E-state index is 11.8. The molecule has 0 bridgehead atoms. The van der Waals surface area contributed by atoms with E-state index in [1.54, 1.807) is 0 Å². The van der Waals surface area contributed by atoms with Crippen LogP contribution in [0.15, 0.2) is 11.6 Å². The summed E-state index contributed by atoms with van der Waals surface area (Å²) in [5, 5.41) is 13.0. The van der Waals surface area contributed by atoms with Gasteiger partial charge in [-0.3, -0.25) is 9.69 Å². The number of aliphatic hydroxyl groups is 1. The number of hydrogen-bond donors (Lipinski definition) is 2. The first-order valence-electron chi connectivity index (χ1n) is 7.40. The molecule has 4 nitrogen and oxygen atoms in total. The molecule has 0 spiro atoms. The SMILES string of the molecule is CC(C)=CCN1CCC(C(O)C(=O)NC2CC2)CC1. The Bertz CT molecular complexity index is 338. The van der Waals surface area contributed by atoms with Gasteiger partial charge in [-0.15, -0.1) is 0 Å². The van der Waals surface area contributed by atoms with Crippen LogP contribution >= 0.6 is 0 Å². The van der Waals surface area contributed by atoms with E-state index in [4.69, 9.17) is 0 Å². The summed E-state index contributed by atoms with van der Waals surface area (Å²) in [5.74, 6) is -0.0352. The Morgan fingerprint density at radius 1 is 1.32 bits per heavy atom. The van der Waals surface area contributed by atoms with E-state index in [1.807, 2.05) is 0 Å². The van der Waals surface area contributed by atoms with Crippen LogP contribution in [0.25, 0.3) is 0 Å². The van der Waals surface area contributed by atoms with Crippen LogP contribution in [0.2, 0.25) is 0 Å². The van der Waals surface area contributed by atoms with E-state index in [0.29, 0.717) is 6.04 Å². The molecule has 0 aromatic carbocycles. The minimum Gasteiger partial charge on any atom is -0.383 e. The van der Waals surface area contributed by atoms with Gasteiger partial charge < -0.3 is 10.4 Å². The van der Waals surface area contributed by atoms with Crippen molar-refractivity contribution in [3.8, 4) is 0 Å². The smallest absolute Gasteiger partial charge is 0.249 e. The summed E-state index contributed by atoms with van der Waals surface area (Å²) in [4.78, 5) is 14.2. The Morgan fingerprint density at radius 3 is 2.47 bits per heavy atom. The van der Waals surface area contributed by atoms with Crippen LogP contribution in [0, 0.1) is 5.92 Å². The molecule has 1 aliphatic heterocycles. The second-order valence-electron chi connectivity index (χ2n) is 6.15. The molecule has 2 rings (SSSR count). The van der Waals surface area contributed by atoms with Crippen molar-refractivity contribution in [3.05, 3.63) is 11.6 Å². The molecule has 2 fully saturated rings. The molecule has 2 aliphatic rings. The Labute approximate surface area is 115 Å². The molecule has 4 heteroatoms. The third-order valence-corrected chi connectivity index (χ3v) is 4.03. The van der Waals surface area contributed by atoms with E-state index in [-0.39, 0.29) is 11.8 Å². The van der Waals surface area contributed by atoms with E-state index in [0.717, 1.165) is 45.3 Å². The van der Waals surface area contributed by atoms with Gasteiger partial charge in [0.25, 0.3) is 0 Å². The molecule has 108 valence electrons. The zero-order valence-electron chi connectivity index (χ0n) is 12.1. The summed E-state index contributed by atoms with van der Waals surface area (Å²) >= 11 is 0. The second-order valence-corrected chi connectivity index (χ2v) is 6.15. The van der Waals surface area contributed by atoms with Gasteiger partial charge >= 0.3 is 0 Å². The second kappa shape index (κ2) is 6.53. The molecule has 19 heavy (non-hydrogen) atoms. The van der Waals surface area contributed by atoms with Crippen LogP contribution in [0.4, 0.5) is 0 Å². The van der Waals surface area contributed by atoms with Crippen LogP contribution in [-0.4, -0.2) is 47.7 Å². The summed E-state index contributed by atoms with van der Waals surface area (Å²) in [6.45, 7) is 7.15. The third kappa shape index (κ3) is 4.62. The lowest BCUT2D eigenvalue weighted by Crippen LogP contribution is -2.45. The van der Waals surface area contributed by atoms with Gasteiger partial charge in [0.05, 0.1) is 0 Å². The van der Waals surface area contributed by atoms with Gasteiger partial charge in [-0.25, -0.2) is 0 Å². The number of aliphatic hydroxyl groups excluding tert-OH is 1. The van der Waals surface area contributed by atoms with Crippen molar-refractivity contribution in [1.82, 2.24) is 10.2 Å². The highest BCUT2D eigenvalue weighted by Crippen LogP contribution is 2.23. The van der Waals surface area contributed by atoms with Gasteiger partial charge in [-0.1, -0.05) is 11.6 Å². The average Bonchev–Trinajstić information content (AvgIpc) is 3.20. The van der Waals surface area contributed by atoms with Gasteiger partial charge in [0.15, 0.2) is 0 Å². The number of rotatable bonds is 5. The molecule has 2 N–H and O–H groups in total. The molecular formula is C15H26N2O2. The number of carbonyl (C=O) groups is 1. The van der Waals surface area contributed by atoms with Crippen molar-refractivity contribution in [2.45, 2.75) is 51.7 Å². The van der Waals surface area contributed by atoms with Gasteiger partial charge in [-0.05, 0) is 58.5 Å². The Morgan fingerprint density at radius 2 is 1.95 bits per heavy atom. The van der Waals surface area contributed by atoms with E-state index in [1.165, 1.54) is 5.57 Å². The molecule has 1 aliphatic carbocycles. The zero-order valence-corrected chi connectivity index (χ0v) is 12.1. The first kappa shape index (κ1) is 14.5. The minimum absolute atomic E-state index is 0.127. The van der Waals surface area contributed by atoms with Crippen molar-refractivity contribution in [3.63, 3.8) is 0 Å². The highest BCUT2D eigenvalue weighted by atomic mass is 16.3. The number of hydrogen-bond acceptors (Lipinski definition) is 3. The van der Waals surface area contributed by atoms with E-state index >= 15 is 0 Å². The Balaban J connectivity index is 1.72. The Hall–Kier alpha value is -0.870. The first-order valence-corrected chi connectivity index (χ1v) is 7.40. The maximum Gasteiger partial charge on any atom is 0.249 e. The number of allylic oxidation sites excluding steroid dienone is 1. The van der Waals surface area contributed by atoms with Crippen molar-refractivity contribution in [2.24, 2.45) is 5.92 Å². The number of amides is 1. The summed E-state index contributed by atoms with van der Waals surface area (Å²) < 4.78 is 0. The maximum atomic E-state index is 11.8. The van der Waals surface area contributed by atoms with Crippen LogP contribution in [-0.2, 0) is 4.79 Å². The number of nitrogens with zero attached hydrogens (tertiary/aromatic N) is 1. The quantitative estimate of drug-likeness (QED) is 0.738. The number of carbonyl (C=O) groups excluding carboxylic acids is 1. The molecule has 1 heterocycles. The highest BCUT2D eigenvalue weighted by Gasteiger charge is 2.32. The van der Waals surface area contributed by atoms with Gasteiger partial charge in [-0.2, -0.15) is 0 Å². The average molecular weight is 266 g/mol. The van der Waals surface area contributed by atoms with E-state index in [9.17, 15) is 9.90 Å². The fourth-order valence-electron chi connectivity index (χ4n) is 2.49. The standard InChI is InChI=1S/C15H26N2O2/c1-11(2)5-8-17-9-6-12(7-10-17)14(18)15(19)16-13-3-4-13/h5,12-14,18H,3-4,6-10H2,1-2H3,(H,16,19). The highest BCUT2D eigenvalue weighted by molar-refractivity contribution is 5.81. The first-order chi connectivity index (χ1) is 9.06. The largest absolute Gasteiger partial charge is 0.383 e. The molecule has 0 aromatic heterocycles. The number of piperidine rings is 1. The molecule has 0 radical (unpaired) electrons. The fraction of sp³-hybridized carbons (Fsp3) is 0.800. The van der Waals surface area contributed by atoms with Gasteiger partial charge in [0.1, 0.15) is 6.10 Å². The van der Waals surface area contributed by atoms with Crippen LogP contribution in [0.1, 0.15) is 39.5 Å². The van der Waals surface area contributed by atoms with Crippen molar-refractivity contribution >= 4 is 5.91 Å². The lowest BCUT2D eigenvalue weighted by Gasteiger charge is -2.33. The van der Waals surface area contributed by atoms with Crippen molar-refractivity contribution in [1.29, 1.82) is 0 Å². The normalized spacial score (nSPS) is 22.9. The Kier molecular flexibility index (Phi) is 4.99. The minimum atomic E-state index is -0.814. The summed E-state index contributed by atoms with van der Waals surface area (Å²) in [7, 11) is 0. The predicted octanol–water partition coefficient (Wildman–Crippen LogP) is 1.30. The van der Waals surface area contributed by atoms with E-state index in [2.05, 4.69) is 30.1 Å². The van der Waals surface area contributed by atoms with Gasteiger partial charge in [0.2, 0.25) is 5.91 Å². The molecule has 1 unspecified atom stereocenters. The number of nitrogens with one attached hydrogen (secondary N) is 1. The van der Waals surface area contributed by atoms with Crippen LogP contribution in [0.5, 0.6) is 0 Å². The lowest BCUT2D eigenvalue weighted by molar-refractivity contribution is -0.133. The summed E-state index contributed by atoms with van der Waals surface area (Å²) in [5.41, 5.74) is 1.34. The summed E-state index contributed by atoms with van der Waals surface area (Å²) in [6.07, 6.45) is 5.38. The monoisotopic (exact) mass is 266 g/mol. The van der Waals surface area contributed by atoms with Crippen molar-refractivity contribution < 1.29 is 9.90 Å². The molecule has 1 atom stereocenters. The van der Waals surface area contributed by atoms with Crippen LogP contribution < -0.4 is 5.32 Å². The third-order valence-electron chi connectivity index (χ3n) is 4.03. The van der Waals surface area contributed by atoms with Crippen LogP contribution in [0.3, 0.4) is 0 Å². The van der Waals surface area contributed by atoms with Crippen molar-refractivity contribution in [2.75, 3.05) is 19.6 Å².